The van der Waals surface area contributed by atoms with Crippen molar-refractivity contribution in [2.75, 3.05) is 6.54 Å². The number of oxazole rings is 1. The SMILES string of the molecule is Cn1c(=O)oc2cc(S(=O)(=O)NC[C@H](c3ccc(Cl)cc3)C3CCCC3)c(Cl)cc21. The van der Waals surface area contributed by atoms with E-state index in [4.69, 9.17) is 27.6 Å². The highest BCUT2D eigenvalue weighted by Gasteiger charge is 2.29. The van der Waals surface area contributed by atoms with Gasteiger partial charge in [-0.3, -0.25) is 4.57 Å². The van der Waals surface area contributed by atoms with Gasteiger partial charge < -0.3 is 4.42 Å². The Morgan fingerprint density at radius 2 is 1.83 bits per heavy atom. The summed E-state index contributed by atoms with van der Waals surface area (Å²) in [5.41, 5.74) is 1.68. The highest BCUT2D eigenvalue weighted by atomic mass is 35.5. The Morgan fingerprint density at radius 3 is 2.50 bits per heavy atom. The highest BCUT2D eigenvalue weighted by molar-refractivity contribution is 7.89. The summed E-state index contributed by atoms with van der Waals surface area (Å²) in [6.45, 7) is 0.252. The maximum atomic E-state index is 13.0. The molecule has 6 nitrogen and oxygen atoms in total. The summed E-state index contributed by atoms with van der Waals surface area (Å²) in [4.78, 5) is 11.6. The maximum Gasteiger partial charge on any atom is 0.419 e. The number of rotatable bonds is 6. The Hall–Kier alpha value is -1.80. The fourth-order valence-corrected chi connectivity index (χ4v) is 5.96. The molecule has 1 saturated carbocycles. The van der Waals surface area contributed by atoms with Gasteiger partial charge in [-0.25, -0.2) is 17.9 Å². The third-order valence-electron chi connectivity index (χ3n) is 5.90. The van der Waals surface area contributed by atoms with Crippen LogP contribution in [0, 0.1) is 5.92 Å². The Morgan fingerprint density at radius 1 is 1.17 bits per heavy atom. The summed E-state index contributed by atoms with van der Waals surface area (Å²) in [5.74, 6) is -0.136. The summed E-state index contributed by atoms with van der Waals surface area (Å²) in [6.07, 6.45) is 4.43. The minimum Gasteiger partial charge on any atom is -0.408 e. The van der Waals surface area contributed by atoms with Gasteiger partial charge in [-0.1, -0.05) is 48.2 Å². The van der Waals surface area contributed by atoms with Gasteiger partial charge in [-0.2, -0.15) is 0 Å². The zero-order valence-corrected chi connectivity index (χ0v) is 18.7. The molecule has 1 fully saturated rings. The van der Waals surface area contributed by atoms with Crippen molar-refractivity contribution in [2.24, 2.45) is 13.0 Å². The average molecular weight is 469 g/mol. The minimum atomic E-state index is -3.91. The van der Waals surface area contributed by atoms with Crippen LogP contribution in [0.4, 0.5) is 0 Å². The molecule has 30 heavy (non-hydrogen) atoms. The van der Waals surface area contributed by atoms with Crippen LogP contribution < -0.4 is 10.5 Å². The van der Waals surface area contributed by atoms with E-state index in [9.17, 15) is 13.2 Å². The maximum absolute atomic E-state index is 13.0. The molecule has 0 unspecified atom stereocenters. The standard InChI is InChI=1S/C21H22Cl2N2O4S/c1-25-18-10-17(23)20(11-19(18)29-21(25)26)30(27,28)24-12-16(13-4-2-3-5-13)14-6-8-15(22)9-7-14/h6-11,13,16,24H,2-5,12H2,1H3/t16-/m0/s1. The lowest BCUT2D eigenvalue weighted by Gasteiger charge is -2.24. The van der Waals surface area contributed by atoms with E-state index in [2.05, 4.69) is 4.72 Å². The molecule has 0 bridgehead atoms. The van der Waals surface area contributed by atoms with Gasteiger partial charge >= 0.3 is 5.76 Å². The molecule has 0 radical (unpaired) electrons. The van der Waals surface area contributed by atoms with Crippen LogP contribution in [0.15, 0.2) is 50.5 Å². The monoisotopic (exact) mass is 468 g/mol. The molecule has 9 heteroatoms. The molecule has 0 saturated heterocycles. The van der Waals surface area contributed by atoms with Crippen LogP contribution in [0.5, 0.6) is 0 Å². The number of benzene rings is 2. The van der Waals surface area contributed by atoms with E-state index in [1.165, 1.54) is 23.7 Å². The number of nitrogens with one attached hydrogen (secondary N) is 1. The van der Waals surface area contributed by atoms with Crippen molar-refractivity contribution in [3.63, 3.8) is 0 Å². The van der Waals surface area contributed by atoms with E-state index in [1.807, 2.05) is 24.3 Å². The van der Waals surface area contributed by atoms with Crippen LogP contribution >= 0.6 is 23.2 Å². The zero-order valence-electron chi connectivity index (χ0n) is 16.4. The van der Waals surface area contributed by atoms with Crippen molar-refractivity contribution in [3.8, 4) is 0 Å². The number of hydrogen-bond acceptors (Lipinski definition) is 4. The Labute approximate surface area is 184 Å². The lowest BCUT2D eigenvalue weighted by molar-refractivity contribution is 0.428. The number of fused-ring (bicyclic) bond motifs is 1. The minimum absolute atomic E-state index is 0.0373. The summed E-state index contributed by atoms with van der Waals surface area (Å²) < 4.78 is 35.2. The summed E-state index contributed by atoms with van der Waals surface area (Å²) >= 11 is 12.3. The van der Waals surface area contributed by atoms with Crippen LogP contribution in [0.25, 0.3) is 11.1 Å². The zero-order chi connectivity index (χ0) is 21.5. The van der Waals surface area contributed by atoms with Crippen molar-refractivity contribution >= 4 is 44.3 Å². The summed E-state index contributed by atoms with van der Waals surface area (Å²) in [6, 6.07) is 10.3. The predicted molar refractivity (Wildman–Crippen MR) is 118 cm³/mol. The third-order valence-corrected chi connectivity index (χ3v) is 8.04. The van der Waals surface area contributed by atoms with Crippen LogP contribution in [-0.4, -0.2) is 19.5 Å². The molecular formula is C21H22Cl2N2O4S. The van der Waals surface area contributed by atoms with Crippen LogP contribution in [-0.2, 0) is 17.1 Å². The van der Waals surface area contributed by atoms with Gasteiger partial charge in [0.1, 0.15) is 4.90 Å². The lowest BCUT2D eigenvalue weighted by Crippen LogP contribution is -2.31. The topological polar surface area (TPSA) is 81.3 Å². The van der Waals surface area contributed by atoms with E-state index in [0.717, 1.165) is 31.2 Å². The van der Waals surface area contributed by atoms with Gasteiger partial charge in [0.15, 0.2) is 5.58 Å². The third kappa shape index (κ3) is 4.17. The molecule has 3 aromatic rings. The van der Waals surface area contributed by atoms with Crippen LogP contribution in [0.3, 0.4) is 0 Å². The van der Waals surface area contributed by atoms with Crippen molar-refractivity contribution < 1.29 is 12.8 Å². The van der Waals surface area contributed by atoms with Crippen LogP contribution in [0.1, 0.15) is 37.2 Å². The van der Waals surface area contributed by atoms with Crippen molar-refractivity contribution in [2.45, 2.75) is 36.5 Å². The Balaban J connectivity index is 1.63. The Bertz CT molecular complexity index is 1230. The molecule has 160 valence electrons. The van der Waals surface area contributed by atoms with E-state index in [0.29, 0.717) is 16.5 Å². The molecule has 1 heterocycles. The normalized spacial score (nSPS) is 16.4. The van der Waals surface area contributed by atoms with E-state index in [1.54, 1.807) is 0 Å². The molecular weight excluding hydrogens is 447 g/mol. The quantitative estimate of drug-likeness (QED) is 0.568. The van der Waals surface area contributed by atoms with Crippen molar-refractivity contribution in [1.29, 1.82) is 0 Å². The molecule has 1 atom stereocenters. The first-order chi connectivity index (χ1) is 14.3. The van der Waals surface area contributed by atoms with E-state index >= 15 is 0 Å². The van der Waals surface area contributed by atoms with Gasteiger partial charge in [0.05, 0.1) is 10.5 Å². The second kappa shape index (κ2) is 8.38. The summed E-state index contributed by atoms with van der Waals surface area (Å²) in [5, 5.41) is 0.684. The van der Waals surface area contributed by atoms with Gasteiger partial charge in [0.2, 0.25) is 10.0 Å². The van der Waals surface area contributed by atoms with Gasteiger partial charge in [-0.05, 0) is 42.5 Å². The molecule has 0 spiro atoms. The second-order valence-electron chi connectivity index (χ2n) is 7.73. The largest absolute Gasteiger partial charge is 0.419 e. The predicted octanol–water partition coefficient (Wildman–Crippen LogP) is 4.69. The number of aromatic nitrogens is 1. The molecule has 1 N–H and O–H groups in total. The van der Waals surface area contributed by atoms with Crippen molar-refractivity contribution in [3.05, 3.63) is 62.6 Å². The first-order valence-electron chi connectivity index (χ1n) is 9.80. The van der Waals surface area contributed by atoms with Gasteiger partial charge in [0, 0.05) is 30.6 Å². The summed E-state index contributed by atoms with van der Waals surface area (Å²) in [7, 11) is -2.37. The van der Waals surface area contributed by atoms with Crippen LogP contribution in [0.2, 0.25) is 10.0 Å². The Kier molecular flexibility index (Phi) is 5.99. The molecule has 1 aliphatic rings. The molecule has 4 rings (SSSR count). The van der Waals surface area contributed by atoms with Crippen molar-refractivity contribution in [1.82, 2.24) is 9.29 Å². The average Bonchev–Trinajstić information content (AvgIpc) is 3.32. The number of halogens is 2. The first-order valence-corrected chi connectivity index (χ1v) is 12.0. The lowest BCUT2D eigenvalue weighted by atomic mass is 9.85. The number of aryl methyl sites for hydroxylation is 1. The van der Waals surface area contributed by atoms with E-state index in [-0.39, 0.29) is 28.0 Å². The molecule has 1 aliphatic carbocycles. The molecule has 0 amide bonds. The molecule has 1 aromatic heterocycles. The smallest absolute Gasteiger partial charge is 0.408 e. The molecule has 2 aromatic carbocycles. The van der Waals surface area contributed by atoms with Gasteiger partial charge in [0.25, 0.3) is 0 Å². The second-order valence-corrected chi connectivity index (χ2v) is 10.3. The highest BCUT2D eigenvalue weighted by Crippen LogP contribution is 2.38. The number of hydrogen-bond donors (Lipinski definition) is 1. The number of sulfonamides is 1. The fourth-order valence-electron chi connectivity index (χ4n) is 4.24. The molecule has 0 aliphatic heterocycles. The van der Waals surface area contributed by atoms with Gasteiger partial charge in [-0.15, -0.1) is 0 Å². The fraction of sp³-hybridized carbons (Fsp3) is 0.381. The first kappa shape index (κ1) is 21.4. The number of nitrogens with zero attached hydrogens (tertiary/aromatic N) is 1. The van der Waals surface area contributed by atoms with E-state index < -0.39 is 15.8 Å².